The summed E-state index contributed by atoms with van der Waals surface area (Å²) >= 11 is 0. The van der Waals surface area contributed by atoms with Gasteiger partial charge in [0.2, 0.25) is 0 Å². The highest BCUT2D eigenvalue weighted by Crippen LogP contribution is 2.51. The summed E-state index contributed by atoms with van der Waals surface area (Å²) in [5.41, 5.74) is 6.43. The number of carbonyl (C=O) groups is 1. The average Bonchev–Trinajstić information content (AvgIpc) is 2.99. The number of hydrogen-bond donors (Lipinski definition) is 1. The zero-order valence-corrected chi connectivity index (χ0v) is 26.0. The quantitative estimate of drug-likeness (QED) is 0.242. The minimum Gasteiger partial charge on any atom is -0.508 e. The molecule has 0 radical (unpaired) electrons. The molecule has 6 rings (SSSR count). The third kappa shape index (κ3) is 7.00. The molecule has 0 aromatic heterocycles. The maximum absolute atomic E-state index is 12.3. The van der Waals surface area contributed by atoms with Crippen LogP contribution in [0, 0.1) is 11.3 Å². The Morgan fingerprint density at radius 3 is 2.30 bits per heavy atom. The number of phenols is 1. The SMILES string of the molecule is CC(C)(C)OC(=O)C=C1CCC2(CC1)CCC(Cc1ccc([C@@H]3c4ccc(O)cc4OC[C@@H]3c3ccccc3)cc1)CC2. The second-order valence-electron chi connectivity index (χ2n) is 14.3. The van der Waals surface area contributed by atoms with Crippen molar-refractivity contribution < 1.29 is 19.4 Å². The average molecular weight is 579 g/mol. The van der Waals surface area contributed by atoms with Crippen molar-refractivity contribution >= 4 is 5.97 Å². The number of carbonyl (C=O) groups excluding carboxylic acids is 1. The van der Waals surface area contributed by atoms with Gasteiger partial charge in [-0.25, -0.2) is 4.79 Å². The first kappa shape index (κ1) is 29.5. The molecule has 0 saturated heterocycles. The first-order chi connectivity index (χ1) is 20.7. The van der Waals surface area contributed by atoms with Crippen molar-refractivity contribution in [3.63, 3.8) is 0 Å². The van der Waals surface area contributed by atoms with Crippen molar-refractivity contribution in [1.82, 2.24) is 0 Å². The molecule has 4 nitrogen and oxygen atoms in total. The van der Waals surface area contributed by atoms with Gasteiger partial charge in [-0.2, -0.15) is 0 Å². The third-order valence-electron chi connectivity index (χ3n) is 10.1. The lowest BCUT2D eigenvalue weighted by Gasteiger charge is -2.43. The fourth-order valence-electron chi connectivity index (χ4n) is 7.73. The fraction of sp³-hybridized carbons (Fsp3) is 0.462. The Labute approximate surface area is 257 Å². The lowest BCUT2D eigenvalue weighted by molar-refractivity contribution is -0.148. The molecule has 0 unspecified atom stereocenters. The molecule has 4 heteroatoms. The first-order valence-corrected chi connectivity index (χ1v) is 16.2. The highest BCUT2D eigenvalue weighted by molar-refractivity contribution is 5.83. The molecule has 3 aromatic carbocycles. The van der Waals surface area contributed by atoms with E-state index in [1.807, 2.05) is 26.8 Å². The standard InChI is InChI=1S/C39H46O4/c1-38(2,3)43-36(41)24-29-17-21-39(22-18-29)19-15-28(16-20-39)23-27-9-11-31(12-10-27)37-33-14-13-32(40)25-35(33)42-26-34(37)30-7-5-4-6-8-30/h4-14,24-25,28,34,37,40H,15-23,26H2,1-3H3/t28?,34-,37-,39?/m1/s1. The van der Waals surface area contributed by atoms with E-state index in [9.17, 15) is 9.90 Å². The number of allylic oxidation sites excluding steroid dienone is 1. The van der Waals surface area contributed by atoms with E-state index in [-0.39, 0.29) is 23.6 Å². The van der Waals surface area contributed by atoms with Crippen LogP contribution in [0.2, 0.25) is 0 Å². The Balaban J connectivity index is 1.08. The normalized spacial score (nSPS) is 25.5. The summed E-state index contributed by atoms with van der Waals surface area (Å²) in [6.45, 7) is 6.36. The van der Waals surface area contributed by atoms with E-state index >= 15 is 0 Å². The Hall–Kier alpha value is -3.53. The molecule has 2 aliphatic carbocycles. The van der Waals surface area contributed by atoms with Crippen LogP contribution in [0.3, 0.4) is 0 Å². The Kier molecular flexibility index (Phi) is 8.40. The highest BCUT2D eigenvalue weighted by Gasteiger charge is 2.38. The van der Waals surface area contributed by atoms with Gasteiger partial charge in [-0.1, -0.05) is 66.2 Å². The summed E-state index contributed by atoms with van der Waals surface area (Å²) in [5, 5.41) is 10.1. The van der Waals surface area contributed by atoms with Gasteiger partial charge in [0.1, 0.15) is 17.1 Å². The van der Waals surface area contributed by atoms with Crippen molar-refractivity contribution in [2.24, 2.45) is 11.3 Å². The molecular formula is C39H46O4. The van der Waals surface area contributed by atoms with Crippen LogP contribution in [0.5, 0.6) is 11.5 Å². The largest absolute Gasteiger partial charge is 0.508 e. The van der Waals surface area contributed by atoms with Gasteiger partial charge in [0.05, 0.1) is 6.61 Å². The summed E-state index contributed by atoms with van der Waals surface area (Å²) in [4.78, 5) is 12.3. The summed E-state index contributed by atoms with van der Waals surface area (Å²) in [7, 11) is 0. The molecule has 2 fully saturated rings. The van der Waals surface area contributed by atoms with Crippen LogP contribution >= 0.6 is 0 Å². The maximum atomic E-state index is 12.3. The number of fused-ring (bicyclic) bond motifs is 1. The van der Waals surface area contributed by atoms with Crippen molar-refractivity contribution in [2.75, 3.05) is 6.61 Å². The van der Waals surface area contributed by atoms with E-state index < -0.39 is 5.60 Å². The molecule has 1 heterocycles. The summed E-state index contributed by atoms with van der Waals surface area (Å²) < 4.78 is 11.7. The first-order valence-electron chi connectivity index (χ1n) is 16.2. The van der Waals surface area contributed by atoms with Gasteiger partial charge in [0, 0.05) is 29.5 Å². The van der Waals surface area contributed by atoms with Crippen molar-refractivity contribution in [3.05, 3.63) is 107 Å². The Bertz CT molecular complexity index is 1430. The zero-order valence-electron chi connectivity index (χ0n) is 26.0. The van der Waals surface area contributed by atoms with Crippen LogP contribution in [0.25, 0.3) is 0 Å². The van der Waals surface area contributed by atoms with E-state index in [0.29, 0.717) is 12.0 Å². The number of phenolic OH excluding ortho intramolecular Hbond substituents is 1. The van der Waals surface area contributed by atoms with E-state index in [1.54, 1.807) is 18.2 Å². The van der Waals surface area contributed by atoms with Gasteiger partial charge in [-0.3, -0.25) is 0 Å². The number of hydrogen-bond acceptors (Lipinski definition) is 4. The molecular weight excluding hydrogens is 532 g/mol. The van der Waals surface area contributed by atoms with E-state index in [2.05, 4.69) is 54.6 Å². The molecule has 0 bridgehead atoms. The van der Waals surface area contributed by atoms with Crippen LogP contribution in [-0.4, -0.2) is 23.3 Å². The molecule has 1 spiro atoms. The van der Waals surface area contributed by atoms with Crippen molar-refractivity contribution in [3.8, 4) is 11.5 Å². The highest BCUT2D eigenvalue weighted by atomic mass is 16.6. The maximum Gasteiger partial charge on any atom is 0.331 e. The topological polar surface area (TPSA) is 55.8 Å². The van der Waals surface area contributed by atoms with Gasteiger partial charge in [0.15, 0.2) is 0 Å². The van der Waals surface area contributed by atoms with Crippen molar-refractivity contribution in [1.29, 1.82) is 0 Å². The van der Waals surface area contributed by atoms with Crippen LogP contribution in [0.15, 0.2) is 84.4 Å². The Morgan fingerprint density at radius 2 is 1.63 bits per heavy atom. The van der Waals surface area contributed by atoms with E-state index in [0.717, 1.165) is 36.5 Å². The molecule has 1 N–H and O–H groups in total. The fourth-order valence-corrected chi connectivity index (χ4v) is 7.73. The number of aromatic hydroxyl groups is 1. The molecule has 2 saturated carbocycles. The van der Waals surface area contributed by atoms with Gasteiger partial charge in [-0.15, -0.1) is 0 Å². The summed E-state index contributed by atoms with van der Waals surface area (Å²) in [6.07, 6.45) is 12.6. The predicted molar refractivity (Wildman–Crippen MR) is 172 cm³/mol. The third-order valence-corrected chi connectivity index (χ3v) is 10.1. The van der Waals surface area contributed by atoms with Crippen LogP contribution in [0.1, 0.15) is 106 Å². The number of ether oxygens (including phenoxy) is 2. The van der Waals surface area contributed by atoms with Gasteiger partial charge < -0.3 is 14.6 Å². The summed E-state index contributed by atoms with van der Waals surface area (Å²) in [5.74, 6) is 1.96. The van der Waals surface area contributed by atoms with Crippen molar-refractivity contribution in [2.45, 2.75) is 96.0 Å². The lowest BCUT2D eigenvalue weighted by Crippen LogP contribution is -2.31. The molecule has 3 aliphatic rings. The second kappa shape index (κ2) is 12.2. The smallest absolute Gasteiger partial charge is 0.331 e. The van der Waals surface area contributed by atoms with Crippen LogP contribution in [-0.2, 0) is 16.0 Å². The second-order valence-corrected chi connectivity index (χ2v) is 14.3. The van der Waals surface area contributed by atoms with Gasteiger partial charge >= 0.3 is 5.97 Å². The van der Waals surface area contributed by atoms with E-state index in [4.69, 9.17) is 9.47 Å². The van der Waals surface area contributed by atoms with E-state index in [1.165, 1.54) is 60.8 Å². The summed E-state index contributed by atoms with van der Waals surface area (Å²) in [6, 6.07) is 25.5. The molecule has 0 amide bonds. The minimum absolute atomic E-state index is 0.177. The van der Waals surface area contributed by atoms with Crippen LogP contribution < -0.4 is 4.74 Å². The molecule has 2 atom stereocenters. The van der Waals surface area contributed by atoms with Gasteiger partial charge in [0.25, 0.3) is 0 Å². The minimum atomic E-state index is -0.436. The predicted octanol–water partition coefficient (Wildman–Crippen LogP) is 9.26. The van der Waals surface area contributed by atoms with Gasteiger partial charge in [-0.05, 0) is 113 Å². The number of esters is 1. The van der Waals surface area contributed by atoms with Crippen LogP contribution in [0.4, 0.5) is 0 Å². The zero-order chi connectivity index (χ0) is 30.0. The number of benzene rings is 3. The molecule has 226 valence electrons. The number of rotatable bonds is 5. The Morgan fingerprint density at radius 1 is 0.930 bits per heavy atom. The molecule has 43 heavy (non-hydrogen) atoms. The molecule has 1 aliphatic heterocycles. The lowest BCUT2D eigenvalue weighted by atomic mass is 9.62. The monoisotopic (exact) mass is 578 g/mol. The molecule has 3 aromatic rings.